The van der Waals surface area contributed by atoms with Gasteiger partial charge < -0.3 is 10.5 Å². The van der Waals surface area contributed by atoms with E-state index in [0.717, 1.165) is 11.1 Å². The fourth-order valence-electron chi connectivity index (χ4n) is 1.88. The Morgan fingerprint density at radius 2 is 1.86 bits per heavy atom. The third-order valence-corrected chi connectivity index (χ3v) is 3.13. The van der Waals surface area contributed by atoms with Crippen molar-refractivity contribution in [1.82, 2.24) is 4.98 Å². The lowest BCUT2D eigenvalue weighted by molar-refractivity contribution is -0.274. The first-order valence-corrected chi connectivity index (χ1v) is 6.42. The molecule has 0 amide bonds. The standard InChI is InChI=1S/C14H12ClF3N2O/c15-12-8-20-6-5-11(12)13(19)7-9-1-3-10(4-2-9)21-14(16,17)18/h1-6,8,13H,7,19H2. The molecule has 1 aromatic carbocycles. The van der Waals surface area contributed by atoms with Crippen LogP contribution in [-0.4, -0.2) is 11.3 Å². The number of ether oxygens (including phenoxy) is 1. The molecule has 0 aliphatic rings. The van der Waals surface area contributed by atoms with Crippen LogP contribution in [-0.2, 0) is 6.42 Å². The van der Waals surface area contributed by atoms with Crippen LogP contribution in [0.1, 0.15) is 17.2 Å². The van der Waals surface area contributed by atoms with Gasteiger partial charge in [0.1, 0.15) is 5.75 Å². The zero-order valence-electron chi connectivity index (χ0n) is 10.8. The Balaban J connectivity index is 2.05. The first-order valence-electron chi connectivity index (χ1n) is 6.05. The number of halogens is 4. The van der Waals surface area contributed by atoms with Crippen LogP contribution >= 0.6 is 11.6 Å². The summed E-state index contributed by atoms with van der Waals surface area (Å²) in [7, 11) is 0. The second-order valence-electron chi connectivity index (χ2n) is 4.40. The highest BCUT2D eigenvalue weighted by atomic mass is 35.5. The van der Waals surface area contributed by atoms with Crippen LogP contribution in [0, 0.1) is 0 Å². The van der Waals surface area contributed by atoms with Crippen molar-refractivity contribution in [1.29, 1.82) is 0 Å². The molecular weight excluding hydrogens is 305 g/mol. The summed E-state index contributed by atoms with van der Waals surface area (Å²) in [4.78, 5) is 3.87. The fourth-order valence-corrected chi connectivity index (χ4v) is 2.14. The Morgan fingerprint density at radius 1 is 1.19 bits per heavy atom. The molecule has 3 nitrogen and oxygen atoms in total. The molecular formula is C14H12ClF3N2O. The molecule has 0 spiro atoms. The molecule has 1 heterocycles. The van der Waals surface area contributed by atoms with Gasteiger partial charge in [0.2, 0.25) is 0 Å². The van der Waals surface area contributed by atoms with Gasteiger partial charge in [-0.2, -0.15) is 0 Å². The Labute approximate surface area is 124 Å². The molecule has 0 radical (unpaired) electrons. The summed E-state index contributed by atoms with van der Waals surface area (Å²) in [6.07, 6.45) is -1.17. The molecule has 21 heavy (non-hydrogen) atoms. The molecule has 0 saturated heterocycles. The zero-order valence-corrected chi connectivity index (χ0v) is 11.5. The molecule has 7 heteroatoms. The second-order valence-corrected chi connectivity index (χ2v) is 4.81. The highest BCUT2D eigenvalue weighted by Gasteiger charge is 2.30. The van der Waals surface area contributed by atoms with Crippen LogP contribution in [0.3, 0.4) is 0 Å². The summed E-state index contributed by atoms with van der Waals surface area (Å²) >= 11 is 6.00. The maximum Gasteiger partial charge on any atom is 0.573 e. The van der Waals surface area contributed by atoms with Crippen molar-refractivity contribution < 1.29 is 17.9 Å². The largest absolute Gasteiger partial charge is 0.573 e. The van der Waals surface area contributed by atoms with E-state index >= 15 is 0 Å². The van der Waals surface area contributed by atoms with E-state index in [-0.39, 0.29) is 11.8 Å². The van der Waals surface area contributed by atoms with E-state index < -0.39 is 6.36 Å². The summed E-state index contributed by atoms with van der Waals surface area (Å²) < 4.78 is 40.0. The number of hydrogen-bond acceptors (Lipinski definition) is 3. The van der Waals surface area contributed by atoms with E-state index in [1.54, 1.807) is 12.3 Å². The molecule has 2 aromatic rings. The number of hydrogen-bond donors (Lipinski definition) is 1. The molecule has 1 unspecified atom stereocenters. The average molecular weight is 317 g/mol. The van der Waals surface area contributed by atoms with E-state index in [1.165, 1.54) is 30.5 Å². The van der Waals surface area contributed by atoms with Crippen LogP contribution in [0.2, 0.25) is 5.02 Å². The number of nitrogens with zero attached hydrogens (tertiary/aromatic N) is 1. The lowest BCUT2D eigenvalue weighted by Gasteiger charge is -2.14. The van der Waals surface area contributed by atoms with Gasteiger partial charge in [-0.05, 0) is 35.7 Å². The number of aromatic nitrogens is 1. The summed E-state index contributed by atoms with van der Waals surface area (Å²) in [5.41, 5.74) is 7.56. The molecule has 0 saturated carbocycles. The van der Waals surface area contributed by atoms with Gasteiger partial charge in [0.25, 0.3) is 0 Å². The Bertz CT molecular complexity index is 602. The van der Waals surface area contributed by atoms with Gasteiger partial charge in [0.15, 0.2) is 0 Å². The van der Waals surface area contributed by atoms with E-state index in [2.05, 4.69) is 9.72 Å². The lowest BCUT2D eigenvalue weighted by atomic mass is 10.0. The van der Waals surface area contributed by atoms with Crippen molar-refractivity contribution in [2.45, 2.75) is 18.8 Å². The minimum absolute atomic E-state index is 0.262. The van der Waals surface area contributed by atoms with E-state index in [0.29, 0.717) is 11.4 Å². The van der Waals surface area contributed by atoms with Crippen molar-refractivity contribution in [3.63, 3.8) is 0 Å². The maximum absolute atomic E-state index is 12.1. The highest BCUT2D eigenvalue weighted by molar-refractivity contribution is 6.31. The van der Waals surface area contributed by atoms with Gasteiger partial charge >= 0.3 is 6.36 Å². The van der Waals surface area contributed by atoms with E-state index in [1.807, 2.05) is 0 Å². The SMILES string of the molecule is NC(Cc1ccc(OC(F)(F)F)cc1)c1ccncc1Cl. The summed E-state index contributed by atoms with van der Waals surface area (Å²) in [6.45, 7) is 0. The van der Waals surface area contributed by atoms with Crippen LogP contribution in [0.4, 0.5) is 13.2 Å². The van der Waals surface area contributed by atoms with E-state index in [9.17, 15) is 13.2 Å². The zero-order chi connectivity index (χ0) is 15.5. The molecule has 1 atom stereocenters. The quantitative estimate of drug-likeness (QED) is 0.931. The first kappa shape index (κ1) is 15.6. The molecule has 0 aliphatic carbocycles. The van der Waals surface area contributed by atoms with E-state index in [4.69, 9.17) is 17.3 Å². The predicted octanol–water partition coefficient (Wildman–Crippen LogP) is 3.88. The fraction of sp³-hybridized carbons (Fsp3) is 0.214. The van der Waals surface area contributed by atoms with Crippen molar-refractivity contribution in [2.24, 2.45) is 5.73 Å². The van der Waals surface area contributed by atoms with Gasteiger partial charge in [0.05, 0.1) is 5.02 Å². The Kier molecular flexibility index (Phi) is 4.69. The first-order chi connectivity index (χ1) is 9.85. The number of rotatable bonds is 4. The van der Waals surface area contributed by atoms with Crippen LogP contribution < -0.4 is 10.5 Å². The minimum Gasteiger partial charge on any atom is -0.406 e. The third-order valence-electron chi connectivity index (χ3n) is 2.82. The minimum atomic E-state index is -4.69. The molecule has 0 fully saturated rings. The van der Waals surface area contributed by atoms with Gasteiger partial charge in [-0.15, -0.1) is 13.2 Å². The molecule has 0 bridgehead atoms. The van der Waals surface area contributed by atoms with Gasteiger partial charge in [-0.1, -0.05) is 23.7 Å². The van der Waals surface area contributed by atoms with Crippen molar-refractivity contribution in [3.05, 3.63) is 58.9 Å². The molecule has 2 N–H and O–H groups in total. The highest BCUT2D eigenvalue weighted by Crippen LogP contribution is 2.26. The monoisotopic (exact) mass is 316 g/mol. The van der Waals surface area contributed by atoms with Crippen molar-refractivity contribution >= 4 is 11.6 Å². The summed E-state index contributed by atoms with van der Waals surface area (Å²) in [5.74, 6) is -0.262. The molecule has 112 valence electrons. The van der Waals surface area contributed by atoms with Crippen LogP contribution in [0.25, 0.3) is 0 Å². The maximum atomic E-state index is 12.1. The Hall–Kier alpha value is -1.79. The number of benzene rings is 1. The number of alkyl halides is 3. The second kappa shape index (κ2) is 6.32. The normalized spacial score (nSPS) is 13.0. The van der Waals surface area contributed by atoms with Crippen molar-refractivity contribution in [2.75, 3.05) is 0 Å². The summed E-state index contributed by atoms with van der Waals surface area (Å²) in [6, 6.07) is 6.93. The summed E-state index contributed by atoms with van der Waals surface area (Å²) in [5, 5.41) is 0.460. The Morgan fingerprint density at radius 3 is 2.43 bits per heavy atom. The van der Waals surface area contributed by atoms with Gasteiger partial charge in [0, 0.05) is 18.4 Å². The predicted molar refractivity (Wildman–Crippen MR) is 73.0 cm³/mol. The third kappa shape index (κ3) is 4.61. The number of pyridine rings is 1. The smallest absolute Gasteiger partial charge is 0.406 e. The van der Waals surface area contributed by atoms with Crippen LogP contribution in [0.15, 0.2) is 42.7 Å². The van der Waals surface area contributed by atoms with Gasteiger partial charge in [-0.25, -0.2) is 0 Å². The average Bonchev–Trinajstić information content (AvgIpc) is 2.40. The van der Waals surface area contributed by atoms with Crippen LogP contribution in [0.5, 0.6) is 5.75 Å². The molecule has 2 rings (SSSR count). The molecule has 1 aromatic heterocycles. The lowest BCUT2D eigenvalue weighted by Crippen LogP contribution is -2.17. The molecule has 0 aliphatic heterocycles. The topological polar surface area (TPSA) is 48.1 Å². The number of nitrogens with two attached hydrogens (primary N) is 1. The van der Waals surface area contributed by atoms with Crippen molar-refractivity contribution in [3.8, 4) is 5.75 Å². The van der Waals surface area contributed by atoms with Gasteiger partial charge in [-0.3, -0.25) is 4.98 Å².